The molecule has 1 aliphatic heterocycles. The van der Waals surface area contributed by atoms with E-state index in [4.69, 9.17) is 0 Å². The fourth-order valence-electron chi connectivity index (χ4n) is 1.84. The first-order chi connectivity index (χ1) is 7.50. The van der Waals surface area contributed by atoms with Crippen LogP contribution >= 0.6 is 15.9 Å². The summed E-state index contributed by atoms with van der Waals surface area (Å²) in [6.07, 6.45) is 0.763. The largest absolute Gasteiger partial charge is 0.768 e. The Balaban J connectivity index is 2.54. The first-order valence-corrected chi connectivity index (χ1v) is 6.57. The molecule has 2 rings (SSSR count). The molecule has 0 fully saturated rings. The van der Waals surface area contributed by atoms with Crippen molar-refractivity contribution in [2.24, 2.45) is 0 Å². The summed E-state index contributed by atoms with van der Waals surface area (Å²) in [4.78, 5) is 13.1. The van der Waals surface area contributed by atoms with Crippen molar-refractivity contribution in [3.05, 3.63) is 22.2 Å². The van der Waals surface area contributed by atoms with E-state index in [1.54, 1.807) is 11.0 Å². The highest BCUT2D eigenvalue weighted by atomic mass is 79.9. The van der Waals surface area contributed by atoms with Crippen LogP contribution in [0.1, 0.15) is 12.5 Å². The van der Waals surface area contributed by atoms with E-state index in [-0.39, 0.29) is 10.8 Å². The van der Waals surface area contributed by atoms with Gasteiger partial charge in [-0.2, -0.15) is 0 Å². The fraction of sp³-hybridized carbons (Fsp3) is 0.300. The predicted octanol–water partition coefficient (Wildman–Crippen LogP) is 1.60. The first kappa shape index (κ1) is 11.8. The topological polar surface area (TPSA) is 60.4 Å². The Labute approximate surface area is 104 Å². The van der Waals surface area contributed by atoms with Crippen LogP contribution in [0.3, 0.4) is 0 Å². The van der Waals surface area contributed by atoms with Crippen molar-refractivity contribution >= 4 is 38.6 Å². The van der Waals surface area contributed by atoms with Crippen LogP contribution in [0.25, 0.3) is 0 Å². The third-order valence-electron chi connectivity index (χ3n) is 2.59. The number of fused-ring (bicyclic) bond motifs is 1. The second kappa shape index (κ2) is 4.27. The quantitative estimate of drug-likeness (QED) is 0.740. The molecule has 1 aromatic carbocycles. The summed E-state index contributed by atoms with van der Waals surface area (Å²) < 4.78 is 22.5. The number of nitrogens with zero attached hydrogens (tertiary/aromatic N) is 1. The molecule has 0 radical (unpaired) electrons. The average Bonchev–Trinajstić information content (AvgIpc) is 2.58. The molecule has 86 valence electrons. The Morgan fingerprint density at radius 2 is 2.25 bits per heavy atom. The Kier molecular flexibility index (Phi) is 3.14. The van der Waals surface area contributed by atoms with Gasteiger partial charge in [-0.15, -0.1) is 0 Å². The van der Waals surface area contributed by atoms with Crippen molar-refractivity contribution in [2.75, 3.05) is 11.4 Å². The number of carbonyl (C=O) groups excluding carboxylic acids is 1. The van der Waals surface area contributed by atoms with Gasteiger partial charge in [0.15, 0.2) is 0 Å². The molecule has 0 aromatic heterocycles. The molecule has 1 unspecified atom stereocenters. The van der Waals surface area contributed by atoms with Crippen LogP contribution in [-0.4, -0.2) is 21.2 Å². The lowest BCUT2D eigenvalue weighted by Gasteiger charge is -2.17. The molecule has 0 saturated heterocycles. The summed E-state index contributed by atoms with van der Waals surface area (Å²) in [5.41, 5.74) is 1.70. The van der Waals surface area contributed by atoms with Crippen LogP contribution in [0, 0.1) is 0 Å². The fourth-order valence-corrected chi connectivity index (χ4v) is 3.06. The van der Waals surface area contributed by atoms with Gasteiger partial charge in [-0.05, 0) is 51.1 Å². The minimum Gasteiger partial charge on any atom is -0.768 e. The summed E-state index contributed by atoms with van der Waals surface area (Å²) in [6, 6.07) is 3.31. The number of rotatable bonds is 1. The molecule has 0 saturated carbocycles. The molecule has 1 heterocycles. The van der Waals surface area contributed by atoms with Crippen molar-refractivity contribution < 1.29 is 13.6 Å². The smallest absolute Gasteiger partial charge is 0.223 e. The molecule has 0 spiro atoms. The van der Waals surface area contributed by atoms with E-state index in [0.717, 1.165) is 12.0 Å². The van der Waals surface area contributed by atoms with Gasteiger partial charge in [-0.1, -0.05) is 0 Å². The van der Waals surface area contributed by atoms with Gasteiger partial charge in [0.05, 0.1) is 0 Å². The third-order valence-corrected chi connectivity index (χ3v) is 4.20. The standard InChI is InChI=1S/C10H10BrNO3S/c1-6(13)12-3-2-7-4-8(11)10(16(14)15)5-9(7)12/h4-5H,2-3H2,1H3,(H,14,15)/p-1. The van der Waals surface area contributed by atoms with E-state index in [9.17, 15) is 13.6 Å². The Morgan fingerprint density at radius 1 is 1.56 bits per heavy atom. The van der Waals surface area contributed by atoms with Crippen LogP contribution in [0.2, 0.25) is 0 Å². The average molecular weight is 303 g/mol. The zero-order valence-corrected chi connectivity index (χ0v) is 10.9. The van der Waals surface area contributed by atoms with Crippen LogP contribution in [0.4, 0.5) is 5.69 Å². The van der Waals surface area contributed by atoms with Gasteiger partial charge in [0, 0.05) is 28.5 Å². The number of halogens is 1. The highest BCUT2D eigenvalue weighted by molar-refractivity contribution is 9.10. The second-order valence-corrected chi connectivity index (χ2v) is 5.33. The molecule has 0 N–H and O–H groups in total. The number of amides is 1. The van der Waals surface area contributed by atoms with Crippen LogP contribution in [0.5, 0.6) is 0 Å². The number of hydrogen-bond donors (Lipinski definition) is 0. The van der Waals surface area contributed by atoms with E-state index in [1.807, 2.05) is 0 Å². The highest BCUT2D eigenvalue weighted by Crippen LogP contribution is 2.34. The minimum atomic E-state index is -2.30. The molecule has 1 aromatic rings. The molecule has 1 aliphatic rings. The number of anilines is 1. The van der Waals surface area contributed by atoms with Crippen molar-refractivity contribution in [3.63, 3.8) is 0 Å². The maximum Gasteiger partial charge on any atom is 0.223 e. The summed E-state index contributed by atoms with van der Waals surface area (Å²) >= 11 is 0.915. The maximum absolute atomic E-state index is 11.3. The predicted molar refractivity (Wildman–Crippen MR) is 63.1 cm³/mol. The van der Waals surface area contributed by atoms with Crippen LogP contribution in [0.15, 0.2) is 21.5 Å². The zero-order valence-electron chi connectivity index (χ0n) is 8.53. The Bertz CT molecular complexity index is 489. The van der Waals surface area contributed by atoms with Crippen molar-refractivity contribution in [3.8, 4) is 0 Å². The summed E-state index contributed by atoms with van der Waals surface area (Å²) in [7, 11) is 0. The third kappa shape index (κ3) is 1.92. The first-order valence-electron chi connectivity index (χ1n) is 4.70. The maximum atomic E-state index is 11.3. The molecule has 1 amide bonds. The van der Waals surface area contributed by atoms with E-state index in [2.05, 4.69) is 15.9 Å². The van der Waals surface area contributed by atoms with Gasteiger partial charge in [0.25, 0.3) is 0 Å². The van der Waals surface area contributed by atoms with E-state index in [1.165, 1.54) is 13.0 Å². The molecule has 0 aliphatic carbocycles. The molecular formula is C10H9BrNO3S-. The molecule has 4 nitrogen and oxygen atoms in total. The normalized spacial score (nSPS) is 16.1. The van der Waals surface area contributed by atoms with Gasteiger partial charge < -0.3 is 9.45 Å². The monoisotopic (exact) mass is 302 g/mol. The molecular weight excluding hydrogens is 294 g/mol. The molecule has 16 heavy (non-hydrogen) atoms. The van der Waals surface area contributed by atoms with Gasteiger partial charge in [-0.25, -0.2) is 0 Å². The second-order valence-electron chi connectivity index (χ2n) is 3.57. The Morgan fingerprint density at radius 3 is 2.81 bits per heavy atom. The van der Waals surface area contributed by atoms with E-state index < -0.39 is 11.1 Å². The summed E-state index contributed by atoms with van der Waals surface area (Å²) in [6.45, 7) is 2.09. The Hall–Kier alpha value is -0.720. The number of benzene rings is 1. The lowest BCUT2D eigenvalue weighted by atomic mass is 10.2. The zero-order chi connectivity index (χ0) is 11.9. The minimum absolute atomic E-state index is 0.0660. The lowest BCUT2D eigenvalue weighted by molar-refractivity contribution is -0.116. The molecule has 1 atom stereocenters. The van der Waals surface area contributed by atoms with Gasteiger partial charge in [0.2, 0.25) is 5.91 Å². The van der Waals surface area contributed by atoms with Crippen LogP contribution in [-0.2, 0) is 22.3 Å². The lowest BCUT2D eigenvalue weighted by Crippen LogP contribution is -2.25. The van der Waals surface area contributed by atoms with Gasteiger partial charge in [0.1, 0.15) is 0 Å². The molecule has 0 bridgehead atoms. The summed E-state index contributed by atoms with van der Waals surface area (Å²) in [5, 5.41) is 0. The van der Waals surface area contributed by atoms with Crippen molar-refractivity contribution in [1.82, 2.24) is 0 Å². The summed E-state index contributed by atoms with van der Waals surface area (Å²) in [5.74, 6) is -0.0660. The van der Waals surface area contributed by atoms with E-state index in [0.29, 0.717) is 16.7 Å². The van der Waals surface area contributed by atoms with Crippen molar-refractivity contribution in [1.29, 1.82) is 0 Å². The SMILES string of the molecule is CC(=O)N1CCc2cc(Br)c(S(=O)[O-])cc21. The number of hydrogen-bond acceptors (Lipinski definition) is 3. The highest BCUT2D eigenvalue weighted by Gasteiger charge is 2.23. The number of carbonyl (C=O) groups is 1. The van der Waals surface area contributed by atoms with Crippen LogP contribution < -0.4 is 4.90 Å². The van der Waals surface area contributed by atoms with Crippen molar-refractivity contribution in [2.45, 2.75) is 18.2 Å². The molecule has 6 heteroatoms. The van der Waals surface area contributed by atoms with Gasteiger partial charge >= 0.3 is 0 Å². The van der Waals surface area contributed by atoms with E-state index >= 15 is 0 Å². The van der Waals surface area contributed by atoms with Gasteiger partial charge in [-0.3, -0.25) is 9.00 Å².